The molecule has 0 bridgehead atoms. The Morgan fingerprint density at radius 2 is 1.94 bits per heavy atom. The van der Waals surface area contributed by atoms with E-state index in [0.29, 0.717) is 26.6 Å². The molecular weight excluding hydrogens is 561 g/mol. The molecule has 178 valence electrons. The molecule has 0 heterocycles. The van der Waals surface area contributed by atoms with Crippen molar-refractivity contribution in [2.24, 2.45) is 0 Å². The molecular formula is C24H16BrCl2N3O5. The van der Waals surface area contributed by atoms with E-state index < -0.39 is 10.8 Å². The van der Waals surface area contributed by atoms with Crippen molar-refractivity contribution >= 4 is 62.5 Å². The summed E-state index contributed by atoms with van der Waals surface area (Å²) >= 11 is 15.6. The fourth-order valence-corrected chi connectivity index (χ4v) is 3.94. The van der Waals surface area contributed by atoms with Crippen LogP contribution in [0.1, 0.15) is 11.1 Å². The molecule has 3 aromatic rings. The van der Waals surface area contributed by atoms with Crippen molar-refractivity contribution in [2.75, 3.05) is 12.4 Å². The molecule has 35 heavy (non-hydrogen) atoms. The number of amides is 1. The molecule has 0 saturated carbocycles. The molecule has 3 rings (SSSR count). The molecule has 0 aromatic heterocycles. The first-order valence-electron chi connectivity index (χ1n) is 9.84. The molecule has 0 aliphatic carbocycles. The summed E-state index contributed by atoms with van der Waals surface area (Å²) in [5.41, 5.74) is 0.960. The minimum atomic E-state index is -0.739. The summed E-state index contributed by atoms with van der Waals surface area (Å²) in [4.78, 5) is 22.9. The van der Waals surface area contributed by atoms with E-state index >= 15 is 0 Å². The number of hydrogen-bond donors (Lipinski definition) is 1. The number of ether oxygens (including phenoxy) is 2. The highest BCUT2D eigenvalue weighted by atomic mass is 79.9. The highest BCUT2D eigenvalue weighted by Crippen LogP contribution is 2.38. The van der Waals surface area contributed by atoms with Gasteiger partial charge in [0.05, 0.1) is 27.2 Å². The van der Waals surface area contributed by atoms with Crippen molar-refractivity contribution in [3.63, 3.8) is 0 Å². The molecule has 0 saturated heterocycles. The maximum absolute atomic E-state index is 12.6. The van der Waals surface area contributed by atoms with Gasteiger partial charge in [0.25, 0.3) is 11.6 Å². The largest absolute Gasteiger partial charge is 0.493 e. The second-order valence-electron chi connectivity index (χ2n) is 6.96. The fourth-order valence-electron chi connectivity index (χ4n) is 2.95. The van der Waals surface area contributed by atoms with Gasteiger partial charge < -0.3 is 14.8 Å². The molecule has 0 atom stereocenters. The molecule has 1 amide bonds. The van der Waals surface area contributed by atoms with Gasteiger partial charge in [-0.2, -0.15) is 5.26 Å². The Labute approximate surface area is 219 Å². The number of nitrogens with one attached hydrogen (secondary N) is 1. The van der Waals surface area contributed by atoms with Crippen LogP contribution in [0.5, 0.6) is 11.5 Å². The highest BCUT2D eigenvalue weighted by Gasteiger charge is 2.17. The van der Waals surface area contributed by atoms with E-state index in [1.165, 1.54) is 25.3 Å². The van der Waals surface area contributed by atoms with Crippen LogP contribution in [0.25, 0.3) is 6.08 Å². The topological polar surface area (TPSA) is 114 Å². The summed E-state index contributed by atoms with van der Waals surface area (Å²) in [5, 5.41) is 23.4. The second kappa shape index (κ2) is 11.7. The van der Waals surface area contributed by atoms with Crippen molar-refractivity contribution in [1.29, 1.82) is 5.26 Å². The zero-order valence-electron chi connectivity index (χ0n) is 18.1. The number of carbonyl (C=O) groups is 1. The van der Waals surface area contributed by atoms with Gasteiger partial charge in [0.15, 0.2) is 11.5 Å². The number of nitro benzene ring substituents is 1. The van der Waals surface area contributed by atoms with Crippen LogP contribution >= 0.6 is 39.1 Å². The van der Waals surface area contributed by atoms with Gasteiger partial charge in [-0.25, -0.2) is 0 Å². The quantitative estimate of drug-likeness (QED) is 0.136. The zero-order chi connectivity index (χ0) is 25.5. The van der Waals surface area contributed by atoms with E-state index in [1.54, 1.807) is 18.2 Å². The van der Waals surface area contributed by atoms with Gasteiger partial charge in [-0.05, 0) is 51.8 Å². The first kappa shape index (κ1) is 26.0. The van der Waals surface area contributed by atoms with Crippen LogP contribution in [0.15, 0.2) is 64.6 Å². The first-order valence-corrected chi connectivity index (χ1v) is 11.4. The van der Waals surface area contributed by atoms with Gasteiger partial charge in [-0.1, -0.05) is 41.4 Å². The third-order valence-electron chi connectivity index (χ3n) is 4.67. The van der Waals surface area contributed by atoms with Crippen LogP contribution in [0.2, 0.25) is 10.0 Å². The third kappa shape index (κ3) is 6.51. The summed E-state index contributed by atoms with van der Waals surface area (Å²) in [6, 6.07) is 16.0. The van der Waals surface area contributed by atoms with Crippen LogP contribution in [-0.2, 0) is 11.4 Å². The predicted molar refractivity (Wildman–Crippen MR) is 137 cm³/mol. The van der Waals surface area contributed by atoms with Crippen molar-refractivity contribution in [3.05, 3.63) is 95.9 Å². The molecule has 1 N–H and O–H groups in total. The minimum absolute atomic E-state index is 0.0331. The van der Waals surface area contributed by atoms with Gasteiger partial charge in [0.2, 0.25) is 0 Å². The lowest BCUT2D eigenvalue weighted by atomic mass is 10.1. The SMILES string of the molecule is COc1cc(/C=C(\C#N)C(=O)Nc2ccc([N+](=O)[O-])cc2Cl)cc(Br)c1OCc1ccccc1Cl. The molecule has 11 heteroatoms. The lowest BCUT2D eigenvalue weighted by Gasteiger charge is -2.14. The Kier molecular flexibility index (Phi) is 8.71. The normalized spacial score (nSPS) is 10.9. The fraction of sp³-hybridized carbons (Fsp3) is 0.0833. The maximum Gasteiger partial charge on any atom is 0.271 e. The number of benzene rings is 3. The summed E-state index contributed by atoms with van der Waals surface area (Å²) in [6.45, 7) is 0.200. The summed E-state index contributed by atoms with van der Waals surface area (Å²) in [5.74, 6) is 0.0522. The molecule has 0 aliphatic rings. The van der Waals surface area contributed by atoms with Gasteiger partial charge in [-0.15, -0.1) is 0 Å². The Hall–Kier alpha value is -3.58. The average Bonchev–Trinajstić information content (AvgIpc) is 2.83. The van der Waals surface area contributed by atoms with E-state index in [-0.39, 0.29) is 28.6 Å². The van der Waals surface area contributed by atoms with Crippen LogP contribution in [0.3, 0.4) is 0 Å². The van der Waals surface area contributed by atoms with Crippen LogP contribution in [0.4, 0.5) is 11.4 Å². The van der Waals surface area contributed by atoms with E-state index in [4.69, 9.17) is 32.7 Å². The maximum atomic E-state index is 12.6. The summed E-state index contributed by atoms with van der Waals surface area (Å²) in [6.07, 6.45) is 1.36. The number of nitrogens with zero attached hydrogens (tertiary/aromatic N) is 2. The number of carbonyl (C=O) groups excluding carboxylic acids is 1. The standard InChI is InChI=1S/C24H16BrCl2N3O5/c1-34-22-10-14(9-18(25)23(22)35-13-15-4-2-3-5-19(15)26)8-16(12-28)24(31)29-21-7-6-17(30(32)33)11-20(21)27/h2-11H,13H2,1H3,(H,29,31)/b16-8+. The third-order valence-corrected chi connectivity index (χ3v) is 5.94. The van der Waals surface area contributed by atoms with Crippen LogP contribution in [-0.4, -0.2) is 17.9 Å². The van der Waals surface area contributed by atoms with Gasteiger partial charge in [0.1, 0.15) is 18.2 Å². The van der Waals surface area contributed by atoms with Gasteiger partial charge in [0, 0.05) is 22.7 Å². The summed E-state index contributed by atoms with van der Waals surface area (Å²) < 4.78 is 11.9. The highest BCUT2D eigenvalue weighted by molar-refractivity contribution is 9.10. The number of rotatable bonds is 8. The van der Waals surface area contributed by atoms with Crippen molar-refractivity contribution in [1.82, 2.24) is 0 Å². The molecule has 0 radical (unpaired) electrons. The Morgan fingerprint density at radius 1 is 1.20 bits per heavy atom. The molecule has 0 fully saturated rings. The van der Waals surface area contributed by atoms with E-state index in [1.807, 2.05) is 24.3 Å². The van der Waals surface area contributed by atoms with Crippen molar-refractivity contribution < 1.29 is 19.2 Å². The molecule has 8 nitrogen and oxygen atoms in total. The molecule has 0 spiro atoms. The number of anilines is 1. The van der Waals surface area contributed by atoms with Gasteiger partial charge in [-0.3, -0.25) is 14.9 Å². The Balaban J connectivity index is 1.83. The zero-order valence-corrected chi connectivity index (χ0v) is 21.1. The number of nitriles is 1. The minimum Gasteiger partial charge on any atom is -0.493 e. The van der Waals surface area contributed by atoms with Crippen molar-refractivity contribution in [3.8, 4) is 17.6 Å². The number of non-ortho nitro benzene ring substituents is 1. The number of hydrogen-bond acceptors (Lipinski definition) is 6. The number of halogens is 3. The monoisotopic (exact) mass is 575 g/mol. The lowest BCUT2D eigenvalue weighted by molar-refractivity contribution is -0.384. The summed E-state index contributed by atoms with van der Waals surface area (Å²) in [7, 11) is 1.46. The average molecular weight is 577 g/mol. The van der Waals surface area contributed by atoms with Crippen molar-refractivity contribution in [2.45, 2.75) is 6.61 Å². The van der Waals surface area contributed by atoms with Crippen LogP contribution in [0, 0.1) is 21.4 Å². The Morgan fingerprint density at radius 3 is 2.57 bits per heavy atom. The van der Waals surface area contributed by atoms with E-state index in [2.05, 4.69) is 21.2 Å². The van der Waals surface area contributed by atoms with Gasteiger partial charge >= 0.3 is 0 Å². The van der Waals surface area contributed by atoms with E-state index in [9.17, 15) is 20.2 Å². The second-order valence-corrected chi connectivity index (χ2v) is 8.63. The van der Waals surface area contributed by atoms with E-state index in [0.717, 1.165) is 11.6 Å². The number of nitro groups is 1. The smallest absolute Gasteiger partial charge is 0.271 e. The molecule has 0 unspecified atom stereocenters. The molecule has 0 aliphatic heterocycles. The number of methoxy groups -OCH3 is 1. The Bertz CT molecular complexity index is 1370. The van der Waals surface area contributed by atoms with Crippen LogP contribution < -0.4 is 14.8 Å². The predicted octanol–water partition coefficient (Wildman–Crippen LogP) is 6.80. The molecule has 3 aromatic carbocycles. The lowest BCUT2D eigenvalue weighted by Crippen LogP contribution is -2.13. The first-order chi connectivity index (χ1) is 16.7.